The zero-order chi connectivity index (χ0) is 15.4. The third kappa shape index (κ3) is 3.78. The molecule has 0 aliphatic carbocycles. The Labute approximate surface area is 132 Å². The van der Waals surface area contributed by atoms with Crippen LogP contribution in [-0.2, 0) is 19.6 Å². The second-order valence-corrected chi connectivity index (χ2v) is 6.37. The minimum absolute atomic E-state index is 0.613. The fourth-order valence-electron chi connectivity index (χ4n) is 3.40. The van der Waals surface area contributed by atoms with Gasteiger partial charge in [0, 0.05) is 37.9 Å². The van der Waals surface area contributed by atoms with E-state index in [1.807, 2.05) is 18.3 Å². The van der Waals surface area contributed by atoms with E-state index in [0.29, 0.717) is 5.92 Å². The maximum Gasteiger partial charge on any atom is 0.122 e. The summed E-state index contributed by atoms with van der Waals surface area (Å²) in [6.07, 6.45) is 6.98. The van der Waals surface area contributed by atoms with Crippen LogP contribution >= 0.6 is 0 Å². The first-order chi connectivity index (χ1) is 10.7. The van der Waals surface area contributed by atoms with Gasteiger partial charge in [-0.3, -0.25) is 9.80 Å². The van der Waals surface area contributed by atoms with Crippen molar-refractivity contribution in [1.82, 2.24) is 19.4 Å². The molecule has 5 heteroatoms. The van der Waals surface area contributed by atoms with E-state index in [-0.39, 0.29) is 0 Å². The van der Waals surface area contributed by atoms with E-state index in [9.17, 15) is 0 Å². The van der Waals surface area contributed by atoms with Gasteiger partial charge in [0.15, 0.2) is 0 Å². The number of fused-ring (bicyclic) bond motifs is 1. The summed E-state index contributed by atoms with van der Waals surface area (Å²) < 4.78 is 7.77. The Hall–Kier alpha value is -1.59. The van der Waals surface area contributed by atoms with Gasteiger partial charge in [0.2, 0.25) is 0 Å². The van der Waals surface area contributed by atoms with Gasteiger partial charge in [-0.2, -0.15) is 0 Å². The molecule has 3 rings (SSSR count). The SMILES string of the molecule is CCCN1Cc2nccn2C[C@H](CN(C)Cc2ccco2)C1. The van der Waals surface area contributed by atoms with Crippen molar-refractivity contribution in [2.45, 2.75) is 33.0 Å². The summed E-state index contributed by atoms with van der Waals surface area (Å²) in [5.74, 6) is 2.84. The average molecular weight is 302 g/mol. The van der Waals surface area contributed by atoms with E-state index in [0.717, 1.165) is 45.0 Å². The second kappa shape index (κ2) is 7.11. The molecule has 0 saturated heterocycles. The fourth-order valence-corrected chi connectivity index (χ4v) is 3.40. The molecular formula is C17H26N4O. The van der Waals surface area contributed by atoms with Gasteiger partial charge in [-0.05, 0) is 32.1 Å². The van der Waals surface area contributed by atoms with Gasteiger partial charge in [0.1, 0.15) is 11.6 Å². The van der Waals surface area contributed by atoms with Gasteiger partial charge in [-0.25, -0.2) is 4.98 Å². The molecule has 0 bridgehead atoms. The molecule has 2 aromatic rings. The van der Waals surface area contributed by atoms with E-state index in [2.05, 4.69) is 39.5 Å². The van der Waals surface area contributed by atoms with Gasteiger partial charge in [-0.15, -0.1) is 0 Å². The molecule has 22 heavy (non-hydrogen) atoms. The number of nitrogens with zero attached hydrogens (tertiary/aromatic N) is 4. The smallest absolute Gasteiger partial charge is 0.122 e. The molecule has 5 nitrogen and oxygen atoms in total. The van der Waals surface area contributed by atoms with Crippen LogP contribution < -0.4 is 0 Å². The van der Waals surface area contributed by atoms with Gasteiger partial charge in [-0.1, -0.05) is 6.92 Å². The van der Waals surface area contributed by atoms with Crippen LogP contribution in [0.3, 0.4) is 0 Å². The summed E-state index contributed by atoms with van der Waals surface area (Å²) in [5.41, 5.74) is 0. The molecule has 0 spiro atoms. The predicted octanol–water partition coefficient (Wildman–Crippen LogP) is 2.45. The molecule has 1 atom stereocenters. The largest absolute Gasteiger partial charge is 0.468 e. The van der Waals surface area contributed by atoms with Gasteiger partial charge >= 0.3 is 0 Å². The monoisotopic (exact) mass is 302 g/mol. The van der Waals surface area contributed by atoms with Crippen LogP contribution in [0.2, 0.25) is 0 Å². The van der Waals surface area contributed by atoms with Crippen molar-refractivity contribution >= 4 is 0 Å². The van der Waals surface area contributed by atoms with Crippen molar-refractivity contribution in [2.24, 2.45) is 5.92 Å². The molecule has 120 valence electrons. The molecule has 3 heterocycles. The van der Waals surface area contributed by atoms with Crippen LogP contribution in [0.5, 0.6) is 0 Å². The quantitative estimate of drug-likeness (QED) is 0.821. The first-order valence-electron chi connectivity index (χ1n) is 8.18. The third-order valence-corrected chi connectivity index (χ3v) is 4.25. The minimum Gasteiger partial charge on any atom is -0.468 e. The number of imidazole rings is 1. The number of hydrogen-bond donors (Lipinski definition) is 0. The predicted molar refractivity (Wildman–Crippen MR) is 86.3 cm³/mol. The molecule has 0 amide bonds. The third-order valence-electron chi connectivity index (χ3n) is 4.25. The molecule has 0 N–H and O–H groups in total. The van der Waals surface area contributed by atoms with Crippen molar-refractivity contribution < 1.29 is 4.42 Å². The maximum absolute atomic E-state index is 5.45. The molecule has 0 unspecified atom stereocenters. The molecule has 1 aliphatic rings. The summed E-state index contributed by atoms with van der Waals surface area (Å²) in [7, 11) is 2.17. The Morgan fingerprint density at radius 3 is 3.09 bits per heavy atom. The topological polar surface area (TPSA) is 37.4 Å². The van der Waals surface area contributed by atoms with Crippen LogP contribution in [0.4, 0.5) is 0 Å². The summed E-state index contributed by atoms with van der Waals surface area (Å²) in [6, 6.07) is 4.00. The summed E-state index contributed by atoms with van der Waals surface area (Å²) >= 11 is 0. The Morgan fingerprint density at radius 1 is 1.41 bits per heavy atom. The Bertz CT molecular complexity index is 563. The summed E-state index contributed by atoms with van der Waals surface area (Å²) in [5, 5.41) is 0. The zero-order valence-electron chi connectivity index (χ0n) is 13.6. The Morgan fingerprint density at radius 2 is 2.32 bits per heavy atom. The summed E-state index contributed by atoms with van der Waals surface area (Å²) in [6.45, 7) is 8.49. The molecule has 0 saturated carbocycles. The Balaban J connectivity index is 1.64. The molecule has 0 aromatic carbocycles. The lowest BCUT2D eigenvalue weighted by Crippen LogP contribution is -2.35. The van der Waals surface area contributed by atoms with Crippen LogP contribution in [0.25, 0.3) is 0 Å². The van der Waals surface area contributed by atoms with Crippen molar-refractivity contribution in [3.05, 3.63) is 42.4 Å². The van der Waals surface area contributed by atoms with Gasteiger partial charge < -0.3 is 8.98 Å². The van der Waals surface area contributed by atoms with Gasteiger partial charge in [0.25, 0.3) is 0 Å². The van der Waals surface area contributed by atoms with E-state index in [1.165, 1.54) is 12.2 Å². The van der Waals surface area contributed by atoms with E-state index < -0.39 is 0 Å². The van der Waals surface area contributed by atoms with Crippen LogP contribution in [0, 0.1) is 5.92 Å². The summed E-state index contributed by atoms with van der Waals surface area (Å²) in [4.78, 5) is 9.41. The zero-order valence-corrected chi connectivity index (χ0v) is 13.6. The lowest BCUT2D eigenvalue weighted by Gasteiger charge is -2.26. The molecule has 1 aliphatic heterocycles. The fraction of sp³-hybridized carbons (Fsp3) is 0.588. The molecule has 0 radical (unpaired) electrons. The van der Waals surface area contributed by atoms with Gasteiger partial charge in [0.05, 0.1) is 19.4 Å². The molecular weight excluding hydrogens is 276 g/mol. The maximum atomic E-state index is 5.45. The van der Waals surface area contributed by atoms with E-state index >= 15 is 0 Å². The number of hydrogen-bond acceptors (Lipinski definition) is 4. The highest BCUT2D eigenvalue weighted by Gasteiger charge is 2.23. The van der Waals surface area contributed by atoms with E-state index in [1.54, 1.807) is 6.26 Å². The number of furan rings is 1. The number of aromatic nitrogens is 2. The van der Waals surface area contributed by atoms with Crippen molar-refractivity contribution in [2.75, 3.05) is 26.7 Å². The van der Waals surface area contributed by atoms with Crippen molar-refractivity contribution in [1.29, 1.82) is 0 Å². The van der Waals surface area contributed by atoms with Crippen molar-refractivity contribution in [3.63, 3.8) is 0 Å². The Kier molecular flexibility index (Phi) is 4.95. The van der Waals surface area contributed by atoms with Crippen LogP contribution in [-0.4, -0.2) is 46.0 Å². The average Bonchev–Trinajstić information content (AvgIpc) is 3.09. The lowest BCUT2D eigenvalue weighted by atomic mass is 10.1. The highest BCUT2D eigenvalue weighted by molar-refractivity contribution is 4.98. The lowest BCUT2D eigenvalue weighted by molar-refractivity contribution is 0.180. The highest BCUT2D eigenvalue weighted by Crippen LogP contribution is 2.17. The molecule has 0 fully saturated rings. The standard InChI is InChI=1S/C17H26N4O/c1-3-7-20-11-15(12-21-8-6-18-17(21)14-20)10-19(2)13-16-5-4-9-22-16/h4-6,8-9,15H,3,7,10-14H2,1-2H3/t15-/m1/s1. The first-order valence-corrected chi connectivity index (χ1v) is 8.18. The first kappa shape index (κ1) is 15.3. The second-order valence-electron chi connectivity index (χ2n) is 6.37. The van der Waals surface area contributed by atoms with Crippen molar-refractivity contribution in [3.8, 4) is 0 Å². The van der Waals surface area contributed by atoms with E-state index in [4.69, 9.17) is 4.42 Å². The molecule has 2 aromatic heterocycles. The normalized spacial score (nSPS) is 19.3. The number of rotatable bonds is 6. The highest BCUT2D eigenvalue weighted by atomic mass is 16.3. The van der Waals surface area contributed by atoms with Crippen LogP contribution in [0.15, 0.2) is 35.2 Å². The minimum atomic E-state index is 0.613. The van der Waals surface area contributed by atoms with Crippen LogP contribution in [0.1, 0.15) is 24.9 Å².